The summed E-state index contributed by atoms with van der Waals surface area (Å²) >= 11 is 1.49. The number of H-pyrrole nitrogens is 1. The summed E-state index contributed by atoms with van der Waals surface area (Å²) in [6.07, 6.45) is 3.20. The number of carbonyl (C=O) groups excluding carboxylic acids is 2. The van der Waals surface area contributed by atoms with E-state index in [2.05, 4.69) is 10.4 Å². The number of furan rings is 1. The van der Waals surface area contributed by atoms with Gasteiger partial charge in [-0.2, -0.15) is 0 Å². The van der Waals surface area contributed by atoms with E-state index in [1.807, 2.05) is 24.3 Å². The van der Waals surface area contributed by atoms with Crippen molar-refractivity contribution in [2.45, 2.75) is 10.3 Å². The third-order valence-corrected chi connectivity index (χ3v) is 4.96. The first-order valence-electron chi connectivity index (χ1n) is 7.31. The van der Waals surface area contributed by atoms with Crippen molar-refractivity contribution in [2.75, 3.05) is 0 Å². The van der Waals surface area contributed by atoms with Crippen molar-refractivity contribution >= 4 is 23.6 Å². The molecule has 3 heterocycles. The van der Waals surface area contributed by atoms with E-state index in [4.69, 9.17) is 4.42 Å². The van der Waals surface area contributed by atoms with E-state index in [0.717, 1.165) is 10.6 Å². The molecule has 0 saturated carbocycles. The number of amides is 2. The number of aromatic amines is 1. The van der Waals surface area contributed by atoms with Gasteiger partial charge in [0.2, 0.25) is 0 Å². The molecule has 0 saturated heterocycles. The van der Waals surface area contributed by atoms with Crippen molar-refractivity contribution in [3.05, 3.63) is 78.0 Å². The fraction of sp³-hybridized carbons (Fsp3) is 0.0588. The van der Waals surface area contributed by atoms with Crippen molar-refractivity contribution in [1.29, 1.82) is 0 Å². The molecule has 24 heavy (non-hydrogen) atoms. The average Bonchev–Trinajstić information content (AvgIpc) is 3.31. The lowest BCUT2D eigenvalue weighted by Gasteiger charge is -2.35. The zero-order valence-electron chi connectivity index (χ0n) is 12.4. The van der Waals surface area contributed by atoms with E-state index < -0.39 is 5.91 Å². The maximum absolute atomic E-state index is 12.9. The Hall–Kier alpha value is -2.93. The second-order valence-electron chi connectivity index (χ2n) is 5.19. The Labute approximate surface area is 141 Å². The Morgan fingerprint density at radius 2 is 2.04 bits per heavy atom. The summed E-state index contributed by atoms with van der Waals surface area (Å²) in [5.41, 5.74) is 4.04. The molecule has 0 spiro atoms. The van der Waals surface area contributed by atoms with Gasteiger partial charge in [-0.15, -0.1) is 0 Å². The first kappa shape index (κ1) is 14.6. The van der Waals surface area contributed by atoms with Gasteiger partial charge in [-0.1, -0.05) is 23.9 Å². The molecule has 4 rings (SSSR count). The van der Waals surface area contributed by atoms with Crippen LogP contribution in [0.3, 0.4) is 0 Å². The van der Waals surface area contributed by atoms with Gasteiger partial charge in [0.1, 0.15) is 5.37 Å². The predicted molar refractivity (Wildman–Crippen MR) is 88.2 cm³/mol. The van der Waals surface area contributed by atoms with Crippen molar-refractivity contribution in [2.24, 2.45) is 0 Å². The highest BCUT2D eigenvalue weighted by Crippen LogP contribution is 2.43. The molecule has 0 bridgehead atoms. The molecular formula is C17H13N3O3S. The smallest absolute Gasteiger partial charge is 0.305 e. The van der Waals surface area contributed by atoms with Crippen LogP contribution in [0, 0.1) is 0 Å². The van der Waals surface area contributed by atoms with Gasteiger partial charge in [-0.3, -0.25) is 15.0 Å². The highest BCUT2D eigenvalue weighted by Gasteiger charge is 2.36. The van der Waals surface area contributed by atoms with Crippen LogP contribution in [0.4, 0.5) is 0 Å². The first-order chi connectivity index (χ1) is 11.7. The fourth-order valence-corrected chi connectivity index (χ4v) is 3.74. The molecule has 2 aromatic heterocycles. The zero-order chi connectivity index (χ0) is 16.5. The molecule has 120 valence electrons. The molecule has 1 unspecified atom stereocenters. The number of aromatic nitrogens is 1. The Kier molecular flexibility index (Phi) is 3.62. The molecule has 0 fully saturated rings. The molecule has 6 nitrogen and oxygen atoms in total. The van der Waals surface area contributed by atoms with Gasteiger partial charge in [0, 0.05) is 11.1 Å². The van der Waals surface area contributed by atoms with Crippen LogP contribution in [0.5, 0.6) is 0 Å². The number of nitrogens with zero attached hydrogens (tertiary/aromatic N) is 1. The van der Waals surface area contributed by atoms with Gasteiger partial charge in [0.25, 0.3) is 5.91 Å². The standard InChI is InChI=1S/C17H13N3O3S/c21-15(13-7-4-10-23-13)19-20-16(22)11-5-1-2-8-14(11)24-17(20)12-6-3-9-18-12/h1-10,17-18H,(H,19,21). The lowest BCUT2D eigenvalue weighted by Crippen LogP contribution is -2.49. The highest BCUT2D eigenvalue weighted by atomic mass is 32.2. The average molecular weight is 339 g/mol. The normalized spacial score (nSPS) is 16.8. The predicted octanol–water partition coefficient (Wildman–Crippen LogP) is 3.20. The monoisotopic (exact) mass is 339 g/mol. The van der Waals surface area contributed by atoms with Crippen LogP contribution in [-0.2, 0) is 0 Å². The number of hydrogen-bond acceptors (Lipinski definition) is 4. The van der Waals surface area contributed by atoms with Gasteiger partial charge in [-0.25, -0.2) is 5.01 Å². The van der Waals surface area contributed by atoms with E-state index in [1.165, 1.54) is 23.0 Å². The molecule has 3 aromatic rings. The van der Waals surface area contributed by atoms with E-state index >= 15 is 0 Å². The Bertz CT molecular complexity index is 874. The lowest BCUT2D eigenvalue weighted by atomic mass is 10.2. The second kappa shape index (κ2) is 5.93. The van der Waals surface area contributed by atoms with Gasteiger partial charge < -0.3 is 9.40 Å². The van der Waals surface area contributed by atoms with Crippen LogP contribution in [0.15, 0.2) is 70.3 Å². The number of carbonyl (C=O) groups is 2. The Morgan fingerprint density at radius 3 is 2.79 bits per heavy atom. The van der Waals surface area contributed by atoms with Gasteiger partial charge >= 0.3 is 5.91 Å². The third kappa shape index (κ3) is 2.48. The fourth-order valence-electron chi connectivity index (χ4n) is 2.54. The molecule has 1 aliphatic rings. The summed E-state index contributed by atoms with van der Waals surface area (Å²) in [6.45, 7) is 0. The van der Waals surface area contributed by atoms with Crippen molar-refractivity contribution in [3.8, 4) is 0 Å². The SMILES string of the molecule is O=C(NN1C(=O)c2ccccc2SC1c1ccc[nH]1)c1ccco1. The van der Waals surface area contributed by atoms with E-state index in [1.54, 1.807) is 30.5 Å². The minimum Gasteiger partial charge on any atom is -0.459 e. The Morgan fingerprint density at radius 1 is 1.17 bits per heavy atom. The summed E-state index contributed by atoms with van der Waals surface area (Å²) in [4.78, 5) is 29.2. The van der Waals surface area contributed by atoms with Crippen LogP contribution < -0.4 is 5.43 Å². The minimum absolute atomic E-state index is 0.150. The number of nitrogens with one attached hydrogen (secondary N) is 2. The van der Waals surface area contributed by atoms with E-state index in [-0.39, 0.29) is 17.0 Å². The molecule has 0 aliphatic carbocycles. The first-order valence-corrected chi connectivity index (χ1v) is 8.19. The number of hydrazine groups is 1. The number of hydrogen-bond donors (Lipinski definition) is 2. The number of fused-ring (bicyclic) bond motifs is 1. The molecule has 7 heteroatoms. The molecule has 1 aliphatic heterocycles. The van der Waals surface area contributed by atoms with Crippen molar-refractivity contribution in [1.82, 2.24) is 15.4 Å². The molecule has 0 radical (unpaired) electrons. The third-order valence-electron chi connectivity index (χ3n) is 3.66. The molecule has 1 atom stereocenters. The maximum atomic E-state index is 12.9. The maximum Gasteiger partial charge on any atom is 0.305 e. The summed E-state index contributed by atoms with van der Waals surface area (Å²) in [7, 11) is 0. The summed E-state index contributed by atoms with van der Waals surface area (Å²) in [6, 6.07) is 14.3. The van der Waals surface area contributed by atoms with Crippen LogP contribution in [0.1, 0.15) is 32.0 Å². The highest BCUT2D eigenvalue weighted by molar-refractivity contribution is 7.99. The van der Waals surface area contributed by atoms with Crippen LogP contribution in [-0.4, -0.2) is 21.8 Å². The van der Waals surface area contributed by atoms with E-state index in [0.29, 0.717) is 5.56 Å². The molecular weight excluding hydrogens is 326 g/mol. The molecule has 2 N–H and O–H groups in total. The van der Waals surface area contributed by atoms with Crippen LogP contribution >= 0.6 is 11.8 Å². The number of benzene rings is 1. The van der Waals surface area contributed by atoms with Crippen LogP contribution in [0.25, 0.3) is 0 Å². The lowest BCUT2D eigenvalue weighted by molar-refractivity contribution is 0.0534. The van der Waals surface area contributed by atoms with Gasteiger partial charge in [0.05, 0.1) is 17.5 Å². The largest absolute Gasteiger partial charge is 0.459 e. The zero-order valence-corrected chi connectivity index (χ0v) is 13.2. The summed E-state index contributed by atoms with van der Waals surface area (Å²) in [5, 5.41) is 0.949. The van der Waals surface area contributed by atoms with Gasteiger partial charge in [-0.05, 0) is 36.4 Å². The molecule has 1 aromatic carbocycles. The van der Waals surface area contributed by atoms with Gasteiger partial charge in [0.15, 0.2) is 5.76 Å². The summed E-state index contributed by atoms with van der Waals surface area (Å²) in [5.74, 6) is -0.578. The second-order valence-corrected chi connectivity index (χ2v) is 6.31. The Balaban J connectivity index is 1.71. The van der Waals surface area contributed by atoms with Crippen molar-refractivity contribution in [3.63, 3.8) is 0 Å². The quantitative estimate of drug-likeness (QED) is 0.768. The topological polar surface area (TPSA) is 78.3 Å². The number of rotatable bonds is 3. The molecule has 2 amide bonds. The minimum atomic E-state index is -0.468. The van der Waals surface area contributed by atoms with E-state index in [9.17, 15) is 9.59 Å². The van der Waals surface area contributed by atoms with Crippen molar-refractivity contribution < 1.29 is 14.0 Å². The summed E-state index contributed by atoms with van der Waals surface area (Å²) < 4.78 is 5.10. The van der Waals surface area contributed by atoms with Crippen LogP contribution in [0.2, 0.25) is 0 Å². The number of thioether (sulfide) groups is 1.